The zero-order valence-corrected chi connectivity index (χ0v) is 10.5. The maximum atomic E-state index is 12.1. The van der Waals surface area contributed by atoms with E-state index < -0.39 is 30.8 Å². The van der Waals surface area contributed by atoms with E-state index >= 15 is 0 Å². The molecule has 0 aromatic carbocycles. The lowest BCUT2D eigenvalue weighted by molar-refractivity contribution is -0.151. The van der Waals surface area contributed by atoms with Crippen LogP contribution >= 0.6 is 0 Å². The van der Waals surface area contributed by atoms with Crippen LogP contribution in [0.3, 0.4) is 0 Å². The molecule has 1 unspecified atom stereocenters. The van der Waals surface area contributed by atoms with Crippen LogP contribution in [0.2, 0.25) is 0 Å². The van der Waals surface area contributed by atoms with Crippen LogP contribution in [-0.4, -0.2) is 48.6 Å². The number of carbonyl (C=O) groups is 2. The zero-order valence-electron chi connectivity index (χ0n) is 10.5. The van der Waals surface area contributed by atoms with Crippen molar-refractivity contribution in [2.45, 2.75) is 37.9 Å². The molecule has 0 spiro atoms. The van der Waals surface area contributed by atoms with Crippen LogP contribution in [0.25, 0.3) is 0 Å². The van der Waals surface area contributed by atoms with Crippen molar-refractivity contribution in [2.24, 2.45) is 5.73 Å². The largest absolute Gasteiger partial charge is 0.389 e. The normalized spacial score (nSPS) is 20.1. The number of piperidine rings is 1. The van der Waals surface area contributed by atoms with Gasteiger partial charge in [0.1, 0.15) is 0 Å². The fourth-order valence-electron chi connectivity index (χ4n) is 2.08. The molecule has 0 saturated carbocycles. The molecule has 19 heavy (non-hydrogen) atoms. The highest BCUT2D eigenvalue weighted by molar-refractivity contribution is 5.84. The molecule has 1 heterocycles. The SMILES string of the molecule is NC(=O)CN(C(=O)CCC(F)(F)F)C1CCCNC1. The first-order chi connectivity index (χ1) is 8.79. The molecule has 1 aliphatic rings. The van der Waals surface area contributed by atoms with Crippen molar-refractivity contribution in [1.82, 2.24) is 10.2 Å². The van der Waals surface area contributed by atoms with E-state index in [2.05, 4.69) is 5.32 Å². The Labute approximate surface area is 109 Å². The summed E-state index contributed by atoms with van der Waals surface area (Å²) in [5.41, 5.74) is 5.04. The van der Waals surface area contributed by atoms with Crippen LogP contribution in [-0.2, 0) is 9.59 Å². The van der Waals surface area contributed by atoms with Crippen molar-refractivity contribution in [3.63, 3.8) is 0 Å². The quantitative estimate of drug-likeness (QED) is 0.765. The Morgan fingerprint density at radius 1 is 1.37 bits per heavy atom. The number of amides is 2. The van der Waals surface area contributed by atoms with E-state index in [1.54, 1.807) is 0 Å². The maximum Gasteiger partial charge on any atom is 0.389 e. The first-order valence-electron chi connectivity index (χ1n) is 6.15. The molecule has 3 N–H and O–H groups in total. The number of halogens is 3. The predicted octanol–water partition coefficient (Wildman–Crippen LogP) is 0.395. The summed E-state index contributed by atoms with van der Waals surface area (Å²) in [5.74, 6) is -1.39. The highest BCUT2D eigenvalue weighted by atomic mass is 19.4. The summed E-state index contributed by atoms with van der Waals surface area (Å²) in [4.78, 5) is 23.9. The number of rotatable bonds is 5. The summed E-state index contributed by atoms with van der Waals surface area (Å²) < 4.78 is 36.3. The second-order valence-electron chi connectivity index (χ2n) is 4.60. The Hall–Kier alpha value is -1.31. The van der Waals surface area contributed by atoms with Crippen molar-refractivity contribution in [1.29, 1.82) is 0 Å². The standard InChI is InChI=1S/C11H18F3N3O2/c12-11(13,14)4-3-10(19)17(7-9(15)18)8-2-1-5-16-6-8/h8,16H,1-7H2,(H2,15,18). The van der Waals surface area contributed by atoms with Gasteiger partial charge in [-0.1, -0.05) is 0 Å². The Kier molecular flexibility index (Phi) is 5.59. The first kappa shape index (κ1) is 15.7. The number of carbonyl (C=O) groups excluding carboxylic acids is 2. The van der Waals surface area contributed by atoms with Crippen molar-refractivity contribution in [3.05, 3.63) is 0 Å². The van der Waals surface area contributed by atoms with E-state index in [0.717, 1.165) is 13.0 Å². The topological polar surface area (TPSA) is 75.4 Å². The summed E-state index contributed by atoms with van der Waals surface area (Å²) in [6.07, 6.45) is -4.72. The Morgan fingerprint density at radius 3 is 2.53 bits per heavy atom. The molecule has 5 nitrogen and oxygen atoms in total. The minimum atomic E-state index is -4.38. The Balaban J connectivity index is 2.61. The van der Waals surface area contributed by atoms with E-state index in [-0.39, 0.29) is 12.6 Å². The molecule has 1 fully saturated rings. The van der Waals surface area contributed by atoms with Crippen LogP contribution < -0.4 is 11.1 Å². The van der Waals surface area contributed by atoms with Gasteiger partial charge in [-0.2, -0.15) is 13.2 Å². The van der Waals surface area contributed by atoms with Gasteiger partial charge in [-0.15, -0.1) is 0 Å². The third-order valence-electron chi connectivity index (χ3n) is 2.98. The third kappa shape index (κ3) is 5.91. The van der Waals surface area contributed by atoms with E-state index in [0.29, 0.717) is 13.0 Å². The predicted molar refractivity (Wildman–Crippen MR) is 62.1 cm³/mol. The second kappa shape index (κ2) is 6.74. The van der Waals surface area contributed by atoms with Gasteiger partial charge in [0.2, 0.25) is 11.8 Å². The molecule has 8 heteroatoms. The fourth-order valence-corrected chi connectivity index (χ4v) is 2.08. The molecule has 0 aromatic rings. The third-order valence-corrected chi connectivity index (χ3v) is 2.98. The molecule has 0 aliphatic carbocycles. The van der Waals surface area contributed by atoms with Gasteiger partial charge in [-0.05, 0) is 19.4 Å². The average molecular weight is 281 g/mol. The highest BCUT2D eigenvalue weighted by Gasteiger charge is 2.32. The number of nitrogens with one attached hydrogen (secondary N) is 1. The number of nitrogens with zero attached hydrogens (tertiary/aromatic N) is 1. The molecule has 2 amide bonds. The molecule has 1 saturated heterocycles. The Morgan fingerprint density at radius 2 is 2.05 bits per heavy atom. The molecular formula is C11H18F3N3O2. The lowest BCUT2D eigenvalue weighted by Crippen LogP contribution is -2.51. The van der Waals surface area contributed by atoms with Crippen LogP contribution in [0.15, 0.2) is 0 Å². The lowest BCUT2D eigenvalue weighted by Gasteiger charge is -2.34. The number of nitrogens with two attached hydrogens (primary N) is 1. The van der Waals surface area contributed by atoms with Gasteiger partial charge in [0, 0.05) is 19.0 Å². The minimum Gasteiger partial charge on any atom is -0.368 e. The van der Waals surface area contributed by atoms with Gasteiger partial charge in [-0.3, -0.25) is 9.59 Å². The molecule has 1 rings (SSSR count). The molecular weight excluding hydrogens is 263 g/mol. The monoisotopic (exact) mass is 281 g/mol. The molecule has 1 atom stereocenters. The number of hydrogen-bond donors (Lipinski definition) is 2. The van der Waals surface area contributed by atoms with Gasteiger partial charge >= 0.3 is 6.18 Å². The van der Waals surface area contributed by atoms with E-state index in [1.165, 1.54) is 4.90 Å². The summed E-state index contributed by atoms with van der Waals surface area (Å²) in [5, 5.41) is 3.05. The molecule has 110 valence electrons. The van der Waals surface area contributed by atoms with Gasteiger partial charge in [-0.25, -0.2) is 0 Å². The Bertz CT molecular complexity index is 328. The maximum absolute atomic E-state index is 12.1. The lowest BCUT2D eigenvalue weighted by atomic mass is 10.0. The molecule has 0 bridgehead atoms. The number of primary amides is 1. The fraction of sp³-hybridized carbons (Fsp3) is 0.818. The molecule has 0 aromatic heterocycles. The van der Waals surface area contributed by atoms with Crippen molar-refractivity contribution >= 4 is 11.8 Å². The van der Waals surface area contributed by atoms with Crippen LogP contribution in [0, 0.1) is 0 Å². The average Bonchev–Trinajstić information content (AvgIpc) is 2.33. The van der Waals surface area contributed by atoms with Crippen molar-refractivity contribution < 1.29 is 22.8 Å². The van der Waals surface area contributed by atoms with Gasteiger partial charge in [0.25, 0.3) is 0 Å². The number of alkyl halides is 3. The number of hydrogen-bond acceptors (Lipinski definition) is 3. The van der Waals surface area contributed by atoms with Gasteiger partial charge in [0.05, 0.1) is 13.0 Å². The summed E-state index contributed by atoms with van der Waals surface area (Å²) >= 11 is 0. The van der Waals surface area contributed by atoms with E-state index in [4.69, 9.17) is 5.73 Å². The summed E-state index contributed by atoms with van der Waals surface area (Å²) in [6, 6.07) is -0.262. The van der Waals surface area contributed by atoms with E-state index in [1.807, 2.05) is 0 Å². The molecule has 0 radical (unpaired) electrons. The summed E-state index contributed by atoms with van der Waals surface area (Å²) in [7, 11) is 0. The molecule has 1 aliphatic heterocycles. The zero-order chi connectivity index (χ0) is 14.5. The van der Waals surface area contributed by atoms with Crippen LogP contribution in [0.4, 0.5) is 13.2 Å². The van der Waals surface area contributed by atoms with Crippen molar-refractivity contribution in [3.8, 4) is 0 Å². The second-order valence-corrected chi connectivity index (χ2v) is 4.60. The van der Waals surface area contributed by atoms with Gasteiger partial charge in [0.15, 0.2) is 0 Å². The highest BCUT2D eigenvalue weighted by Crippen LogP contribution is 2.22. The van der Waals surface area contributed by atoms with Crippen LogP contribution in [0.5, 0.6) is 0 Å². The summed E-state index contributed by atoms with van der Waals surface area (Å²) in [6.45, 7) is 0.950. The minimum absolute atomic E-state index is 0.262. The van der Waals surface area contributed by atoms with Crippen molar-refractivity contribution in [2.75, 3.05) is 19.6 Å². The van der Waals surface area contributed by atoms with Gasteiger partial charge < -0.3 is 16.0 Å². The van der Waals surface area contributed by atoms with Crippen LogP contribution in [0.1, 0.15) is 25.7 Å². The smallest absolute Gasteiger partial charge is 0.368 e. The first-order valence-corrected chi connectivity index (χ1v) is 6.15. The van der Waals surface area contributed by atoms with E-state index in [9.17, 15) is 22.8 Å².